The molecule has 0 atom stereocenters. The predicted octanol–water partition coefficient (Wildman–Crippen LogP) is 4.68. The number of hydrogen-bond acceptors (Lipinski definition) is 7. The van der Waals surface area contributed by atoms with Gasteiger partial charge in [-0.3, -0.25) is 10.1 Å². The van der Waals surface area contributed by atoms with Crippen molar-refractivity contribution in [1.29, 1.82) is 0 Å². The van der Waals surface area contributed by atoms with Crippen LogP contribution in [0.15, 0.2) is 49.1 Å². The number of nitro groups is 1. The van der Waals surface area contributed by atoms with E-state index in [1.54, 1.807) is 19.9 Å². The van der Waals surface area contributed by atoms with Gasteiger partial charge in [0, 0.05) is 30.9 Å². The molecule has 4 aromatic heterocycles. The van der Waals surface area contributed by atoms with E-state index in [0.717, 1.165) is 33.3 Å². The summed E-state index contributed by atoms with van der Waals surface area (Å²) in [6, 6.07) is 4.45. The second-order valence-electron chi connectivity index (χ2n) is 7.32. The third-order valence-corrected chi connectivity index (χ3v) is 4.41. The van der Waals surface area contributed by atoms with Crippen molar-refractivity contribution in [2.24, 2.45) is 0 Å². The zero-order valence-electron chi connectivity index (χ0n) is 18.4. The van der Waals surface area contributed by atoms with Crippen molar-refractivity contribution >= 4 is 11.4 Å². The summed E-state index contributed by atoms with van der Waals surface area (Å²) in [6.45, 7) is 3.38. The fourth-order valence-electron chi connectivity index (χ4n) is 2.82. The second-order valence-corrected chi connectivity index (χ2v) is 7.32. The average molecular weight is 514 g/mol. The van der Waals surface area contributed by atoms with Gasteiger partial charge in [0.25, 0.3) is 0 Å². The average Bonchev–Trinajstić information content (AvgIpc) is 3.44. The van der Waals surface area contributed by atoms with Crippen molar-refractivity contribution in [3.05, 3.63) is 81.7 Å². The molecular formula is C20H16F6N8O2. The van der Waals surface area contributed by atoms with Gasteiger partial charge in [-0.2, -0.15) is 36.5 Å². The molecule has 0 bridgehead atoms. The maximum atomic E-state index is 12.4. The Bertz CT molecular complexity index is 1390. The van der Waals surface area contributed by atoms with E-state index in [2.05, 4.69) is 20.2 Å². The van der Waals surface area contributed by atoms with Crippen LogP contribution in [0.1, 0.15) is 22.5 Å². The summed E-state index contributed by atoms with van der Waals surface area (Å²) >= 11 is 0. The van der Waals surface area contributed by atoms with Crippen LogP contribution in [0.2, 0.25) is 0 Å². The lowest BCUT2D eigenvalue weighted by molar-refractivity contribution is -0.385. The van der Waals surface area contributed by atoms with E-state index >= 15 is 0 Å². The van der Waals surface area contributed by atoms with Crippen molar-refractivity contribution in [1.82, 2.24) is 29.5 Å². The van der Waals surface area contributed by atoms with Gasteiger partial charge in [0.05, 0.1) is 10.6 Å². The van der Waals surface area contributed by atoms with Gasteiger partial charge in [-0.25, -0.2) is 19.3 Å². The number of nitrogens with two attached hydrogens (primary N) is 1. The van der Waals surface area contributed by atoms with E-state index in [-0.39, 0.29) is 17.3 Å². The lowest BCUT2D eigenvalue weighted by Gasteiger charge is -2.05. The summed E-state index contributed by atoms with van der Waals surface area (Å²) in [7, 11) is 0. The molecule has 0 fully saturated rings. The Balaban J connectivity index is 0.000000202. The minimum atomic E-state index is -4.61. The third kappa shape index (κ3) is 5.94. The highest BCUT2D eigenvalue weighted by Gasteiger charge is 2.35. The minimum Gasteiger partial charge on any atom is -0.396 e. The Kier molecular flexibility index (Phi) is 6.98. The second kappa shape index (κ2) is 9.63. The number of pyridine rings is 2. The number of rotatable bonds is 3. The SMILES string of the molecule is Cc1cnc(-n2ccc(C(F)(F)F)n2)c(N)c1.Cc1cnc(-n2ccc(C(F)(F)F)n2)c([N+](=O)[O-])c1. The molecule has 4 aromatic rings. The molecule has 0 aromatic carbocycles. The zero-order chi connectivity index (χ0) is 26.8. The lowest BCUT2D eigenvalue weighted by atomic mass is 10.3. The molecule has 4 rings (SSSR count). The van der Waals surface area contributed by atoms with Gasteiger partial charge in [-0.15, -0.1) is 0 Å². The first kappa shape index (κ1) is 26.1. The van der Waals surface area contributed by atoms with Crippen LogP contribution in [0.3, 0.4) is 0 Å². The van der Waals surface area contributed by atoms with Crippen molar-refractivity contribution in [2.75, 3.05) is 5.73 Å². The Morgan fingerprint density at radius 2 is 1.28 bits per heavy atom. The van der Waals surface area contributed by atoms with E-state index in [9.17, 15) is 36.5 Å². The first-order valence-corrected chi connectivity index (χ1v) is 9.76. The molecular weight excluding hydrogens is 498 g/mol. The fraction of sp³-hybridized carbons (Fsp3) is 0.200. The van der Waals surface area contributed by atoms with Crippen LogP contribution in [0, 0.1) is 24.0 Å². The van der Waals surface area contributed by atoms with Crippen LogP contribution in [-0.4, -0.2) is 34.5 Å². The molecule has 36 heavy (non-hydrogen) atoms. The maximum Gasteiger partial charge on any atom is 0.435 e. The number of hydrogen-bond donors (Lipinski definition) is 1. The summed E-state index contributed by atoms with van der Waals surface area (Å²) < 4.78 is 76.0. The Morgan fingerprint density at radius 1 is 0.833 bits per heavy atom. The van der Waals surface area contributed by atoms with Gasteiger partial charge in [0.1, 0.15) is 0 Å². The molecule has 0 radical (unpaired) electrons. The first-order chi connectivity index (χ1) is 16.7. The molecule has 16 heteroatoms. The number of aryl methyl sites for hydroxylation is 2. The summed E-state index contributed by atoms with van der Waals surface area (Å²) in [5, 5.41) is 17.5. The number of halogens is 6. The molecule has 0 spiro atoms. The zero-order valence-corrected chi connectivity index (χ0v) is 18.4. The Labute approximate surface area is 198 Å². The van der Waals surface area contributed by atoms with Crippen LogP contribution >= 0.6 is 0 Å². The highest BCUT2D eigenvalue weighted by molar-refractivity contribution is 5.53. The van der Waals surface area contributed by atoms with E-state index in [4.69, 9.17) is 5.73 Å². The Hall–Kier alpha value is -4.50. The summed E-state index contributed by atoms with van der Waals surface area (Å²) in [4.78, 5) is 17.8. The molecule has 0 aliphatic rings. The van der Waals surface area contributed by atoms with E-state index in [0.29, 0.717) is 5.56 Å². The van der Waals surface area contributed by atoms with Crippen LogP contribution < -0.4 is 5.73 Å². The Morgan fingerprint density at radius 3 is 1.69 bits per heavy atom. The summed E-state index contributed by atoms with van der Waals surface area (Å²) in [5.41, 5.74) is 4.79. The van der Waals surface area contributed by atoms with Gasteiger partial charge in [-0.1, -0.05) is 0 Å². The molecule has 190 valence electrons. The standard InChI is InChI=1S/C10H7F3N4O2.C10H9F3N4/c1-6-4-7(17(18)19)9(14-5-6)16-3-2-8(15-16)10(11,12)13;1-6-4-7(14)9(15-5-6)17-3-2-8(16-17)10(11,12)13/h2-5H,1H3;2-5H,14H2,1H3. The van der Waals surface area contributed by atoms with Crippen LogP contribution in [0.5, 0.6) is 0 Å². The monoisotopic (exact) mass is 514 g/mol. The van der Waals surface area contributed by atoms with Crippen molar-refractivity contribution < 1.29 is 31.3 Å². The number of aromatic nitrogens is 6. The number of nitrogen functional groups attached to an aromatic ring is 1. The van der Waals surface area contributed by atoms with Crippen LogP contribution in [0.4, 0.5) is 37.7 Å². The molecule has 0 saturated carbocycles. The fourth-order valence-corrected chi connectivity index (χ4v) is 2.82. The van der Waals surface area contributed by atoms with E-state index < -0.39 is 34.4 Å². The van der Waals surface area contributed by atoms with E-state index in [1.165, 1.54) is 24.7 Å². The number of alkyl halides is 6. The normalized spacial score (nSPS) is 11.7. The molecule has 10 nitrogen and oxygen atoms in total. The van der Waals surface area contributed by atoms with Crippen LogP contribution in [-0.2, 0) is 12.4 Å². The molecule has 0 unspecified atom stereocenters. The molecule has 0 amide bonds. The lowest BCUT2D eigenvalue weighted by Crippen LogP contribution is -2.09. The topological polar surface area (TPSA) is 131 Å². The van der Waals surface area contributed by atoms with Crippen LogP contribution in [0.25, 0.3) is 11.6 Å². The molecule has 0 saturated heterocycles. The predicted molar refractivity (Wildman–Crippen MR) is 113 cm³/mol. The molecule has 0 aliphatic carbocycles. The third-order valence-electron chi connectivity index (χ3n) is 4.41. The molecule has 2 N–H and O–H groups in total. The smallest absolute Gasteiger partial charge is 0.396 e. The largest absolute Gasteiger partial charge is 0.435 e. The highest BCUT2D eigenvalue weighted by Crippen LogP contribution is 2.29. The van der Waals surface area contributed by atoms with Gasteiger partial charge in [-0.05, 0) is 43.2 Å². The quantitative estimate of drug-likeness (QED) is 0.239. The highest BCUT2D eigenvalue weighted by atomic mass is 19.4. The van der Waals surface area contributed by atoms with Gasteiger partial charge < -0.3 is 5.73 Å². The summed E-state index contributed by atoms with van der Waals surface area (Å²) in [5.74, 6) is -0.0720. The van der Waals surface area contributed by atoms with E-state index in [1.807, 2.05) is 0 Å². The van der Waals surface area contributed by atoms with Gasteiger partial charge in [0.2, 0.25) is 5.82 Å². The maximum absolute atomic E-state index is 12.4. The molecule has 0 aliphatic heterocycles. The first-order valence-electron chi connectivity index (χ1n) is 9.76. The summed E-state index contributed by atoms with van der Waals surface area (Å²) in [6.07, 6.45) is -4.09. The van der Waals surface area contributed by atoms with Crippen molar-refractivity contribution in [2.45, 2.75) is 26.2 Å². The van der Waals surface area contributed by atoms with Gasteiger partial charge >= 0.3 is 18.0 Å². The molecule has 4 heterocycles. The van der Waals surface area contributed by atoms with Gasteiger partial charge in [0.15, 0.2) is 17.2 Å². The minimum absolute atomic E-state index is 0.186. The van der Waals surface area contributed by atoms with Crippen molar-refractivity contribution in [3.63, 3.8) is 0 Å². The number of anilines is 1. The van der Waals surface area contributed by atoms with Crippen molar-refractivity contribution in [3.8, 4) is 11.6 Å². The number of nitrogens with zero attached hydrogens (tertiary/aromatic N) is 7.